The maximum Gasteiger partial charge on any atom is 0.229 e. The summed E-state index contributed by atoms with van der Waals surface area (Å²) in [7, 11) is -3.59. The lowest BCUT2D eigenvalue weighted by atomic mass is 9.89. The number of sulfonamides is 1. The van der Waals surface area contributed by atoms with Crippen LogP contribution in [-0.2, 0) is 27.7 Å². The smallest absolute Gasteiger partial charge is 0.229 e. The number of piperidine rings is 1. The van der Waals surface area contributed by atoms with Crippen molar-refractivity contribution >= 4 is 27.3 Å². The molecule has 1 unspecified atom stereocenters. The fourth-order valence-electron chi connectivity index (χ4n) is 5.08. The molecule has 0 amide bonds. The lowest BCUT2D eigenvalue weighted by molar-refractivity contribution is -0.120. The number of ketones is 1. The first kappa shape index (κ1) is 27.8. The summed E-state index contributed by atoms with van der Waals surface area (Å²) in [6.45, 7) is 5.63. The maximum absolute atomic E-state index is 14.4. The summed E-state index contributed by atoms with van der Waals surface area (Å²) in [5.41, 5.74) is 3.78. The van der Waals surface area contributed by atoms with Crippen LogP contribution in [0.5, 0.6) is 0 Å². The Kier molecular flexibility index (Phi) is 8.82. The quantitative estimate of drug-likeness (QED) is 0.361. The second kappa shape index (κ2) is 12.1. The Balaban J connectivity index is 1.38. The first-order valence-electron chi connectivity index (χ1n) is 13.1. The molecule has 1 saturated heterocycles. The minimum Gasteiger partial charge on any atom is -0.356 e. The van der Waals surface area contributed by atoms with Crippen molar-refractivity contribution in [3.8, 4) is 0 Å². The van der Waals surface area contributed by atoms with Gasteiger partial charge in [0.15, 0.2) is 0 Å². The fourth-order valence-corrected chi connectivity index (χ4v) is 5.65. The molecule has 8 heteroatoms. The molecule has 1 N–H and O–H groups in total. The highest BCUT2D eigenvalue weighted by molar-refractivity contribution is 7.92. The molecule has 0 saturated carbocycles. The SMILES string of the molecule is Cc1ccc(CCC(=O)C(C)c2ccc(NS(C)(=O)=O)c(F)c2)c(N2CCC(Cc3ccccc3)CC2)n1. The largest absolute Gasteiger partial charge is 0.356 e. The molecule has 1 fully saturated rings. The Labute approximate surface area is 225 Å². The number of aromatic nitrogens is 1. The third-order valence-electron chi connectivity index (χ3n) is 7.29. The van der Waals surface area contributed by atoms with E-state index in [1.807, 2.05) is 13.0 Å². The summed E-state index contributed by atoms with van der Waals surface area (Å²) in [6.07, 6.45) is 5.15. The molecule has 6 nitrogen and oxygen atoms in total. The average Bonchev–Trinajstić information content (AvgIpc) is 2.89. The van der Waals surface area contributed by atoms with E-state index in [4.69, 9.17) is 4.98 Å². The van der Waals surface area contributed by atoms with Crippen molar-refractivity contribution in [2.24, 2.45) is 5.92 Å². The van der Waals surface area contributed by atoms with E-state index in [2.05, 4.69) is 46.0 Å². The van der Waals surface area contributed by atoms with Gasteiger partial charge >= 0.3 is 0 Å². The second-order valence-electron chi connectivity index (χ2n) is 10.4. The molecule has 1 aliphatic rings. The second-order valence-corrected chi connectivity index (χ2v) is 12.1. The van der Waals surface area contributed by atoms with Gasteiger partial charge in [0.2, 0.25) is 10.0 Å². The Hall–Kier alpha value is -3.26. The number of nitrogens with zero attached hydrogens (tertiary/aromatic N) is 2. The van der Waals surface area contributed by atoms with Crippen LogP contribution in [0.25, 0.3) is 0 Å². The van der Waals surface area contributed by atoms with E-state index in [9.17, 15) is 17.6 Å². The van der Waals surface area contributed by atoms with Crippen molar-refractivity contribution in [1.29, 1.82) is 0 Å². The van der Waals surface area contributed by atoms with E-state index in [0.29, 0.717) is 24.3 Å². The lowest BCUT2D eigenvalue weighted by Crippen LogP contribution is -2.35. The third kappa shape index (κ3) is 7.40. The normalized spacial score (nSPS) is 15.3. The van der Waals surface area contributed by atoms with Crippen LogP contribution < -0.4 is 9.62 Å². The number of nitrogens with one attached hydrogen (secondary N) is 1. The molecule has 0 bridgehead atoms. The number of rotatable bonds is 10. The molecule has 38 heavy (non-hydrogen) atoms. The molecule has 2 heterocycles. The molecule has 1 aliphatic heterocycles. The number of anilines is 2. The Morgan fingerprint density at radius 1 is 1.11 bits per heavy atom. The third-order valence-corrected chi connectivity index (χ3v) is 7.88. The van der Waals surface area contributed by atoms with Crippen LogP contribution in [0.2, 0.25) is 0 Å². The topological polar surface area (TPSA) is 79.4 Å². The molecular weight excluding hydrogens is 501 g/mol. The van der Waals surface area contributed by atoms with Gasteiger partial charge in [-0.15, -0.1) is 0 Å². The van der Waals surface area contributed by atoms with Crippen LogP contribution in [0.3, 0.4) is 0 Å². The van der Waals surface area contributed by atoms with Crippen molar-refractivity contribution in [1.82, 2.24) is 4.98 Å². The van der Waals surface area contributed by atoms with Gasteiger partial charge in [0.25, 0.3) is 0 Å². The van der Waals surface area contributed by atoms with Crippen molar-refractivity contribution in [2.45, 2.75) is 51.9 Å². The van der Waals surface area contributed by atoms with Crippen LogP contribution in [-0.4, -0.2) is 38.5 Å². The minimum atomic E-state index is -3.59. The first-order valence-corrected chi connectivity index (χ1v) is 15.0. The van der Waals surface area contributed by atoms with Crippen LogP contribution in [0.15, 0.2) is 60.7 Å². The highest BCUT2D eigenvalue weighted by atomic mass is 32.2. The number of carbonyl (C=O) groups excluding carboxylic acids is 1. The van der Waals surface area contributed by atoms with Gasteiger partial charge in [-0.3, -0.25) is 9.52 Å². The molecule has 4 rings (SSSR count). The number of pyridine rings is 1. The molecule has 202 valence electrons. The monoisotopic (exact) mass is 537 g/mol. The molecule has 0 aliphatic carbocycles. The predicted octanol–water partition coefficient (Wildman–Crippen LogP) is 5.67. The number of halogens is 1. The fraction of sp³-hybridized carbons (Fsp3) is 0.400. The number of benzene rings is 2. The Morgan fingerprint density at radius 3 is 2.47 bits per heavy atom. The molecule has 0 radical (unpaired) electrons. The van der Waals surface area contributed by atoms with Crippen molar-refractivity contribution in [2.75, 3.05) is 29.0 Å². The van der Waals surface area contributed by atoms with Crippen LogP contribution in [0.4, 0.5) is 15.9 Å². The molecule has 0 spiro atoms. The van der Waals surface area contributed by atoms with E-state index < -0.39 is 21.8 Å². The minimum absolute atomic E-state index is 0.00122. The van der Waals surface area contributed by atoms with Gasteiger partial charge in [-0.25, -0.2) is 17.8 Å². The van der Waals surface area contributed by atoms with E-state index in [-0.39, 0.29) is 11.5 Å². The zero-order chi connectivity index (χ0) is 27.3. The highest BCUT2D eigenvalue weighted by Gasteiger charge is 2.24. The van der Waals surface area contributed by atoms with Crippen molar-refractivity contribution < 1.29 is 17.6 Å². The summed E-state index contributed by atoms with van der Waals surface area (Å²) < 4.78 is 39.4. The lowest BCUT2D eigenvalue weighted by Gasteiger charge is -2.34. The summed E-state index contributed by atoms with van der Waals surface area (Å²) in [5.74, 6) is 0.413. The standard InChI is InChI=1S/C30H36FN3O3S/c1-21-9-10-25(30(32-21)34-17-15-24(16-18-34)19-23-7-5-4-6-8-23)12-14-29(35)22(2)26-11-13-28(27(31)20-26)33-38(3,36)37/h4-11,13,20,22,24,33H,12,14-19H2,1-3H3. The van der Waals surface area contributed by atoms with Crippen molar-refractivity contribution in [3.63, 3.8) is 0 Å². The zero-order valence-electron chi connectivity index (χ0n) is 22.3. The van der Waals surface area contributed by atoms with Gasteiger partial charge in [0, 0.05) is 31.1 Å². The first-order chi connectivity index (χ1) is 18.1. The van der Waals surface area contributed by atoms with Gasteiger partial charge in [-0.1, -0.05) is 49.4 Å². The van der Waals surface area contributed by atoms with Crippen LogP contribution in [0, 0.1) is 18.7 Å². The van der Waals surface area contributed by atoms with Crippen LogP contribution >= 0.6 is 0 Å². The number of Topliss-reactive ketones (excluding diaryl/α,β-unsaturated/α-hetero) is 1. The zero-order valence-corrected chi connectivity index (χ0v) is 23.1. The van der Waals surface area contributed by atoms with E-state index >= 15 is 0 Å². The molecule has 1 aromatic heterocycles. The van der Waals surface area contributed by atoms with Gasteiger partial charge in [0.05, 0.1) is 11.9 Å². The number of hydrogen-bond acceptors (Lipinski definition) is 5. The predicted molar refractivity (Wildman–Crippen MR) is 151 cm³/mol. The van der Waals surface area contributed by atoms with E-state index in [1.165, 1.54) is 17.7 Å². The highest BCUT2D eigenvalue weighted by Crippen LogP contribution is 2.29. The summed E-state index contributed by atoms with van der Waals surface area (Å²) >= 11 is 0. The van der Waals surface area contributed by atoms with Gasteiger partial charge in [0.1, 0.15) is 17.4 Å². The van der Waals surface area contributed by atoms with Gasteiger partial charge in [-0.05, 0) is 73.4 Å². The average molecular weight is 538 g/mol. The van der Waals surface area contributed by atoms with Gasteiger partial charge < -0.3 is 4.90 Å². The van der Waals surface area contributed by atoms with E-state index in [0.717, 1.165) is 55.7 Å². The Bertz CT molecular complexity index is 1370. The molecule has 1 atom stereocenters. The summed E-state index contributed by atoms with van der Waals surface area (Å²) in [5, 5.41) is 0. The van der Waals surface area contributed by atoms with Crippen LogP contribution in [0.1, 0.15) is 54.5 Å². The molecule has 3 aromatic rings. The molecule has 2 aromatic carbocycles. The van der Waals surface area contributed by atoms with Gasteiger partial charge in [-0.2, -0.15) is 0 Å². The summed E-state index contributed by atoms with van der Waals surface area (Å²) in [6, 6.07) is 18.9. The van der Waals surface area contributed by atoms with E-state index in [1.54, 1.807) is 13.0 Å². The molecular formula is C30H36FN3O3S. The summed E-state index contributed by atoms with van der Waals surface area (Å²) in [4.78, 5) is 20.2. The number of aryl methyl sites for hydroxylation is 2. The maximum atomic E-state index is 14.4. The Morgan fingerprint density at radius 2 is 1.82 bits per heavy atom. The number of hydrogen-bond donors (Lipinski definition) is 1. The number of carbonyl (C=O) groups is 1. The van der Waals surface area contributed by atoms with Crippen molar-refractivity contribution in [3.05, 3.63) is 88.9 Å².